The molecule has 1 aliphatic carbocycles. The SMILES string of the molecule is CC1=C(C)C(=O)c2c(c(Cl)c3ccccc3c2Cl)C1=O. The Hall–Kier alpha value is -1.64. The third-order valence-electron chi connectivity index (χ3n) is 3.79. The van der Waals surface area contributed by atoms with Crippen LogP contribution in [0.4, 0.5) is 0 Å². The van der Waals surface area contributed by atoms with Crippen LogP contribution < -0.4 is 0 Å². The molecule has 3 rings (SSSR count). The summed E-state index contributed by atoms with van der Waals surface area (Å²) >= 11 is 12.7. The lowest BCUT2D eigenvalue weighted by Gasteiger charge is -2.20. The van der Waals surface area contributed by atoms with E-state index in [2.05, 4.69) is 0 Å². The van der Waals surface area contributed by atoms with Gasteiger partial charge in [-0.15, -0.1) is 0 Å². The number of rotatable bonds is 0. The van der Waals surface area contributed by atoms with Crippen molar-refractivity contribution in [3.8, 4) is 0 Å². The number of benzene rings is 2. The lowest BCUT2D eigenvalue weighted by molar-refractivity contribution is 0.0975. The molecule has 100 valence electrons. The largest absolute Gasteiger partial charge is 0.289 e. The molecule has 0 aliphatic heterocycles. The highest BCUT2D eigenvalue weighted by atomic mass is 35.5. The van der Waals surface area contributed by atoms with E-state index in [1.807, 2.05) is 12.1 Å². The van der Waals surface area contributed by atoms with Gasteiger partial charge in [0, 0.05) is 21.9 Å². The first-order chi connectivity index (χ1) is 9.45. The van der Waals surface area contributed by atoms with Crippen LogP contribution in [-0.4, -0.2) is 11.6 Å². The Balaban J connectivity index is 2.54. The van der Waals surface area contributed by atoms with Gasteiger partial charge >= 0.3 is 0 Å². The molecule has 0 aromatic heterocycles. The summed E-state index contributed by atoms with van der Waals surface area (Å²) in [7, 11) is 0. The summed E-state index contributed by atoms with van der Waals surface area (Å²) in [5, 5.41) is 1.97. The fourth-order valence-electron chi connectivity index (χ4n) is 2.50. The quantitative estimate of drug-likeness (QED) is 0.696. The highest BCUT2D eigenvalue weighted by Gasteiger charge is 2.33. The van der Waals surface area contributed by atoms with Crippen LogP contribution >= 0.6 is 23.2 Å². The van der Waals surface area contributed by atoms with Gasteiger partial charge in [-0.3, -0.25) is 9.59 Å². The number of halogens is 2. The van der Waals surface area contributed by atoms with Crippen molar-refractivity contribution in [1.82, 2.24) is 0 Å². The van der Waals surface area contributed by atoms with Gasteiger partial charge in [0.15, 0.2) is 11.6 Å². The van der Waals surface area contributed by atoms with Gasteiger partial charge in [0.1, 0.15) is 0 Å². The summed E-state index contributed by atoms with van der Waals surface area (Å²) in [6, 6.07) is 7.23. The Bertz CT molecular complexity index is 763. The van der Waals surface area contributed by atoms with Crippen molar-refractivity contribution in [2.75, 3.05) is 0 Å². The van der Waals surface area contributed by atoms with Crippen LogP contribution in [0, 0.1) is 0 Å². The highest BCUT2D eigenvalue weighted by molar-refractivity contribution is 6.48. The van der Waals surface area contributed by atoms with E-state index in [9.17, 15) is 9.59 Å². The van der Waals surface area contributed by atoms with Crippen molar-refractivity contribution in [3.63, 3.8) is 0 Å². The number of Topliss-reactive ketones (excluding diaryl/α,β-unsaturated/α-hetero) is 2. The van der Waals surface area contributed by atoms with Gasteiger partial charge in [-0.1, -0.05) is 47.5 Å². The van der Waals surface area contributed by atoms with Crippen LogP contribution in [0.3, 0.4) is 0 Å². The minimum Gasteiger partial charge on any atom is -0.289 e. The van der Waals surface area contributed by atoms with Crippen molar-refractivity contribution in [1.29, 1.82) is 0 Å². The van der Waals surface area contributed by atoms with Crippen LogP contribution in [0.1, 0.15) is 34.6 Å². The molecule has 0 N–H and O–H groups in total. The van der Waals surface area contributed by atoms with E-state index >= 15 is 0 Å². The van der Waals surface area contributed by atoms with E-state index in [0.29, 0.717) is 32.0 Å². The lowest BCUT2D eigenvalue weighted by atomic mass is 9.83. The Labute approximate surface area is 126 Å². The smallest absolute Gasteiger partial charge is 0.191 e. The molecule has 4 heteroatoms. The molecule has 0 amide bonds. The molecule has 0 spiro atoms. The van der Waals surface area contributed by atoms with E-state index < -0.39 is 0 Å². The van der Waals surface area contributed by atoms with Crippen LogP contribution in [0.2, 0.25) is 10.0 Å². The van der Waals surface area contributed by atoms with Crippen LogP contribution in [0.25, 0.3) is 10.8 Å². The van der Waals surface area contributed by atoms with Gasteiger partial charge in [-0.2, -0.15) is 0 Å². The summed E-state index contributed by atoms with van der Waals surface area (Å²) in [6.07, 6.45) is 0. The molecule has 0 saturated carbocycles. The van der Waals surface area contributed by atoms with E-state index in [1.54, 1.807) is 26.0 Å². The molecule has 0 radical (unpaired) electrons. The van der Waals surface area contributed by atoms with Gasteiger partial charge < -0.3 is 0 Å². The van der Waals surface area contributed by atoms with Crippen LogP contribution in [0.5, 0.6) is 0 Å². The maximum absolute atomic E-state index is 12.4. The summed E-state index contributed by atoms with van der Waals surface area (Å²) in [6.45, 7) is 3.27. The van der Waals surface area contributed by atoms with Crippen LogP contribution in [0.15, 0.2) is 35.4 Å². The molecule has 2 aromatic rings. The Morgan fingerprint density at radius 1 is 0.750 bits per heavy atom. The van der Waals surface area contributed by atoms with Gasteiger partial charge in [0.25, 0.3) is 0 Å². The molecular formula is C16H10Cl2O2. The molecule has 1 aliphatic rings. The number of carbonyl (C=O) groups is 2. The summed E-state index contributed by atoms with van der Waals surface area (Å²) in [5.74, 6) is -0.454. The molecule has 0 bridgehead atoms. The van der Waals surface area contributed by atoms with Gasteiger partial charge in [-0.05, 0) is 13.8 Å². The third-order valence-corrected chi connectivity index (χ3v) is 4.57. The molecule has 2 nitrogen and oxygen atoms in total. The Morgan fingerprint density at radius 2 is 1.10 bits per heavy atom. The maximum atomic E-state index is 12.4. The predicted octanol–water partition coefficient (Wildman–Crippen LogP) is 4.86. The Kier molecular flexibility index (Phi) is 2.96. The van der Waals surface area contributed by atoms with Crippen molar-refractivity contribution >= 4 is 45.5 Å². The number of ketones is 2. The predicted molar refractivity (Wildman–Crippen MR) is 81.0 cm³/mol. The zero-order valence-corrected chi connectivity index (χ0v) is 12.4. The number of fused-ring (bicyclic) bond motifs is 2. The van der Waals surface area contributed by atoms with Gasteiger partial charge in [0.05, 0.1) is 21.2 Å². The first-order valence-corrected chi connectivity index (χ1v) is 6.87. The molecule has 0 unspecified atom stereocenters. The molecule has 0 fully saturated rings. The number of allylic oxidation sites excluding steroid dienone is 2. The average Bonchev–Trinajstić information content (AvgIpc) is 2.46. The van der Waals surface area contributed by atoms with Crippen molar-refractivity contribution in [2.45, 2.75) is 13.8 Å². The molecule has 2 aromatic carbocycles. The molecule has 0 atom stereocenters. The lowest BCUT2D eigenvalue weighted by Crippen LogP contribution is -2.21. The van der Waals surface area contributed by atoms with Crippen molar-refractivity contribution in [2.24, 2.45) is 0 Å². The van der Waals surface area contributed by atoms with Crippen molar-refractivity contribution in [3.05, 3.63) is 56.6 Å². The normalized spacial score (nSPS) is 15.0. The second kappa shape index (κ2) is 4.44. The van der Waals surface area contributed by atoms with Crippen LogP contribution in [-0.2, 0) is 0 Å². The third kappa shape index (κ3) is 1.58. The maximum Gasteiger partial charge on any atom is 0.191 e. The minimum atomic E-state index is -0.227. The van der Waals surface area contributed by atoms with E-state index in [1.165, 1.54) is 0 Å². The van der Waals surface area contributed by atoms with Crippen molar-refractivity contribution < 1.29 is 9.59 Å². The standard InChI is InChI=1S/C16H10Cl2O2/c1-7-8(2)16(20)12-11(15(7)19)13(17)9-5-3-4-6-10(9)14(12)18/h3-6H,1-2H3. The molecule has 0 heterocycles. The molecule has 20 heavy (non-hydrogen) atoms. The van der Waals surface area contributed by atoms with E-state index in [0.717, 1.165) is 0 Å². The summed E-state index contributed by atoms with van der Waals surface area (Å²) < 4.78 is 0. The van der Waals surface area contributed by atoms with E-state index in [4.69, 9.17) is 23.2 Å². The number of carbonyl (C=O) groups excluding carboxylic acids is 2. The van der Waals surface area contributed by atoms with Gasteiger partial charge in [0.2, 0.25) is 0 Å². The second-order valence-electron chi connectivity index (χ2n) is 4.83. The minimum absolute atomic E-state index is 0.225. The molecular weight excluding hydrogens is 295 g/mol. The summed E-state index contributed by atoms with van der Waals surface area (Å²) in [4.78, 5) is 24.9. The second-order valence-corrected chi connectivity index (χ2v) is 5.59. The van der Waals surface area contributed by atoms with Gasteiger partial charge in [-0.25, -0.2) is 0 Å². The Morgan fingerprint density at radius 3 is 1.45 bits per heavy atom. The zero-order chi connectivity index (χ0) is 14.6. The fourth-order valence-corrected chi connectivity index (χ4v) is 3.19. The fraction of sp³-hybridized carbons (Fsp3) is 0.125. The average molecular weight is 305 g/mol. The monoisotopic (exact) mass is 304 g/mol. The topological polar surface area (TPSA) is 34.1 Å². The number of hydrogen-bond donors (Lipinski definition) is 0. The zero-order valence-electron chi connectivity index (χ0n) is 10.9. The first kappa shape index (κ1) is 13.3. The highest BCUT2D eigenvalue weighted by Crippen LogP contribution is 2.41. The number of hydrogen-bond acceptors (Lipinski definition) is 2. The van der Waals surface area contributed by atoms with E-state index in [-0.39, 0.29) is 22.7 Å². The first-order valence-electron chi connectivity index (χ1n) is 6.11. The summed E-state index contributed by atoms with van der Waals surface area (Å²) in [5.41, 5.74) is 1.30. The molecule has 0 saturated heterocycles.